The van der Waals surface area contributed by atoms with Crippen LogP contribution >= 0.6 is 0 Å². The van der Waals surface area contributed by atoms with Crippen molar-refractivity contribution in [2.75, 3.05) is 0 Å². The lowest BCUT2D eigenvalue weighted by Crippen LogP contribution is -2.26. The normalized spacial score (nSPS) is 12.7. The first-order valence-corrected chi connectivity index (χ1v) is 20.4. The number of rotatable bonds is 4. The van der Waals surface area contributed by atoms with Crippen molar-refractivity contribution in [3.8, 4) is 79.2 Å². The minimum Gasteiger partial charge on any atom is -0.256 e. The van der Waals surface area contributed by atoms with Gasteiger partial charge < -0.3 is 0 Å². The van der Waals surface area contributed by atoms with Crippen LogP contribution in [0, 0.1) is 22.7 Å². The Morgan fingerprint density at radius 2 is 0.721 bits per heavy atom. The molecule has 2 aromatic heterocycles. The average Bonchev–Trinajstić information content (AvgIpc) is 3.81. The van der Waals surface area contributed by atoms with Crippen molar-refractivity contribution >= 4 is 21.5 Å². The van der Waals surface area contributed by atoms with Gasteiger partial charge in [-0.05, 0) is 125 Å². The molecule has 1 spiro atoms. The van der Waals surface area contributed by atoms with Crippen molar-refractivity contribution in [3.05, 3.63) is 228 Å². The summed E-state index contributed by atoms with van der Waals surface area (Å²) in [5, 5.41) is 23.9. The van der Waals surface area contributed by atoms with E-state index in [1.165, 1.54) is 77.2 Å². The fraction of sp³-hybridized carbons (Fsp3) is 0.0175. The van der Waals surface area contributed by atoms with E-state index in [9.17, 15) is 10.5 Å². The van der Waals surface area contributed by atoms with E-state index in [2.05, 4.69) is 180 Å². The zero-order valence-corrected chi connectivity index (χ0v) is 32.8. The van der Waals surface area contributed by atoms with Crippen LogP contribution in [0.1, 0.15) is 33.4 Å². The molecule has 2 heterocycles. The number of nitrogens with zero attached hydrogens (tertiary/aromatic N) is 4. The van der Waals surface area contributed by atoms with Crippen LogP contribution in [0.25, 0.3) is 88.6 Å². The maximum Gasteiger partial charge on any atom is 0.0992 e. The van der Waals surface area contributed by atoms with Gasteiger partial charge in [0, 0.05) is 23.5 Å². The van der Waals surface area contributed by atoms with E-state index in [1.807, 2.05) is 12.1 Å². The molecule has 2 aliphatic rings. The Kier molecular flexibility index (Phi) is 7.54. The Morgan fingerprint density at radius 3 is 1.15 bits per heavy atom. The molecule has 0 atom stereocenters. The van der Waals surface area contributed by atoms with Crippen molar-refractivity contribution in [2.45, 2.75) is 5.41 Å². The van der Waals surface area contributed by atoms with E-state index in [0.717, 1.165) is 33.6 Å². The largest absolute Gasteiger partial charge is 0.256 e. The Balaban J connectivity index is 1.15. The van der Waals surface area contributed by atoms with Gasteiger partial charge in [0.05, 0.1) is 40.1 Å². The van der Waals surface area contributed by atoms with E-state index in [0.29, 0.717) is 11.1 Å². The third-order valence-corrected chi connectivity index (χ3v) is 12.9. The molecule has 0 N–H and O–H groups in total. The number of pyridine rings is 2. The summed E-state index contributed by atoms with van der Waals surface area (Å²) in [4.78, 5) is 9.17. The highest BCUT2D eigenvalue weighted by Gasteiger charge is 2.53. The van der Waals surface area contributed by atoms with E-state index in [4.69, 9.17) is 0 Å². The maximum atomic E-state index is 9.56. The second-order valence-electron chi connectivity index (χ2n) is 15.9. The second kappa shape index (κ2) is 13.3. The SMILES string of the molecule is N#Cc1ccnc(-c2ccc(-c3cc4c(c5ccccc35)-c3c(cc(-c5ccc(-c6cc(C#N)ccn6)cc5)c5ccccc35)C43c4ccccc4-c4ccccc43)cc2)c1. The molecule has 61 heavy (non-hydrogen) atoms. The molecule has 0 unspecified atom stereocenters. The topological polar surface area (TPSA) is 73.4 Å². The zero-order valence-electron chi connectivity index (χ0n) is 32.8. The van der Waals surface area contributed by atoms with Gasteiger partial charge in [-0.15, -0.1) is 0 Å². The van der Waals surface area contributed by atoms with Gasteiger partial charge in [-0.1, -0.05) is 146 Å². The van der Waals surface area contributed by atoms with Crippen molar-refractivity contribution in [2.24, 2.45) is 0 Å². The van der Waals surface area contributed by atoms with Crippen LogP contribution in [0.3, 0.4) is 0 Å². The molecule has 0 saturated heterocycles. The van der Waals surface area contributed by atoms with Crippen LogP contribution in [0.4, 0.5) is 0 Å². The molecule has 8 aromatic carbocycles. The molecule has 10 aromatic rings. The average molecular weight is 773 g/mol. The lowest BCUT2D eigenvalue weighted by atomic mass is 9.69. The summed E-state index contributed by atoms with van der Waals surface area (Å²) < 4.78 is 0. The van der Waals surface area contributed by atoms with Gasteiger partial charge in [0.1, 0.15) is 0 Å². The van der Waals surface area contributed by atoms with Gasteiger partial charge in [-0.2, -0.15) is 10.5 Å². The second-order valence-corrected chi connectivity index (χ2v) is 15.9. The predicted molar refractivity (Wildman–Crippen MR) is 245 cm³/mol. The molecule has 0 fully saturated rings. The smallest absolute Gasteiger partial charge is 0.0992 e. The van der Waals surface area contributed by atoms with Crippen LogP contribution in [0.2, 0.25) is 0 Å². The van der Waals surface area contributed by atoms with Gasteiger partial charge >= 0.3 is 0 Å². The van der Waals surface area contributed by atoms with Crippen LogP contribution in [0.5, 0.6) is 0 Å². The number of hydrogen-bond acceptors (Lipinski definition) is 4. The van der Waals surface area contributed by atoms with Crippen molar-refractivity contribution < 1.29 is 0 Å². The van der Waals surface area contributed by atoms with Gasteiger partial charge in [-0.3, -0.25) is 9.97 Å². The molecule has 2 aliphatic carbocycles. The fourth-order valence-electron chi connectivity index (χ4n) is 10.3. The molecular formula is C57H32N4. The highest BCUT2D eigenvalue weighted by Crippen LogP contribution is 2.66. The molecule has 0 saturated carbocycles. The number of aromatic nitrogens is 2. The molecular weight excluding hydrogens is 741 g/mol. The van der Waals surface area contributed by atoms with Crippen LogP contribution in [-0.4, -0.2) is 9.97 Å². The fourth-order valence-corrected chi connectivity index (χ4v) is 10.3. The monoisotopic (exact) mass is 772 g/mol. The molecule has 4 heteroatoms. The number of fused-ring (bicyclic) bond motifs is 14. The molecule has 4 nitrogen and oxygen atoms in total. The third kappa shape index (κ3) is 4.97. The van der Waals surface area contributed by atoms with Gasteiger partial charge in [0.2, 0.25) is 0 Å². The number of benzene rings is 8. The minimum atomic E-state index is -0.599. The first kappa shape index (κ1) is 34.6. The van der Waals surface area contributed by atoms with Crippen molar-refractivity contribution in [3.63, 3.8) is 0 Å². The summed E-state index contributed by atoms with van der Waals surface area (Å²) in [7, 11) is 0. The number of nitriles is 2. The Labute approximate surface area is 353 Å². The highest BCUT2D eigenvalue weighted by molar-refractivity contribution is 6.18. The molecule has 0 radical (unpaired) electrons. The molecule has 0 amide bonds. The van der Waals surface area contributed by atoms with E-state index in [-0.39, 0.29) is 0 Å². The summed E-state index contributed by atoms with van der Waals surface area (Å²) in [5.41, 5.74) is 18.8. The summed E-state index contributed by atoms with van der Waals surface area (Å²) in [6.45, 7) is 0. The van der Waals surface area contributed by atoms with Crippen LogP contribution in [0.15, 0.2) is 194 Å². The third-order valence-electron chi connectivity index (χ3n) is 12.9. The van der Waals surface area contributed by atoms with Gasteiger partial charge in [0.25, 0.3) is 0 Å². The molecule has 0 aliphatic heterocycles. The summed E-state index contributed by atoms with van der Waals surface area (Å²) in [6, 6.07) is 69.6. The molecule has 280 valence electrons. The lowest BCUT2D eigenvalue weighted by molar-refractivity contribution is 0.795. The first-order chi connectivity index (χ1) is 30.1. The van der Waals surface area contributed by atoms with Crippen LogP contribution < -0.4 is 0 Å². The Hall–Kier alpha value is -8.44. The summed E-state index contributed by atoms with van der Waals surface area (Å²) in [6.07, 6.45) is 3.39. The first-order valence-electron chi connectivity index (χ1n) is 20.4. The Bertz CT molecular complexity index is 3310. The zero-order chi connectivity index (χ0) is 40.7. The maximum absolute atomic E-state index is 9.56. The molecule has 0 bridgehead atoms. The lowest BCUT2D eigenvalue weighted by Gasteiger charge is -2.31. The minimum absolute atomic E-state index is 0.591. The standard InChI is InChI=1S/C57H32N4/c58-33-35-25-27-60-53(29-35)39-21-17-37(18-22-39)47-31-51-55(45-13-3-1-9-41(45)47)56-46-14-4-2-10-42(46)48(38-19-23-40(24-20-38)54-30-36(34-59)26-28-61-54)32-52(56)57(51)49-15-7-5-11-43(49)44-12-6-8-16-50(44)57/h1-32H. The van der Waals surface area contributed by atoms with E-state index >= 15 is 0 Å². The van der Waals surface area contributed by atoms with E-state index < -0.39 is 5.41 Å². The van der Waals surface area contributed by atoms with Crippen LogP contribution in [-0.2, 0) is 5.41 Å². The van der Waals surface area contributed by atoms with Crippen molar-refractivity contribution in [1.29, 1.82) is 10.5 Å². The highest BCUT2D eigenvalue weighted by atomic mass is 14.7. The quantitative estimate of drug-likeness (QED) is 0.179. The van der Waals surface area contributed by atoms with E-state index in [1.54, 1.807) is 24.5 Å². The van der Waals surface area contributed by atoms with Crippen molar-refractivity contribution in [1.82, 2.24) is 9.97 Å². The number of hydrogen-bond donors (Lipinski definition) is 0. The predicted octanol–water partition coefficient (Wildman–Crippen LogP) is 13.5. The van der Waals surface area contributed by atoms with Gasteiger partial charge in [0.15, 0.2) is 0 Å². The summed E-state index contributed by atoms with van der Waals surface area (Å²) >= 11 is 0. The summed E-state index contributed by atoms with van der Waals surface area (Å²) in [5.74, 6) is 0. The van der Waals surface area contributed by atoms with Gasteiger partial charge in [-0.25, -0.2) is 0 Å². The molecule has 12 rings (SSSR count). The Morgan fingerprint density at radius 1 is 0.344 bits per heavy atom.